The molecule has 0 aromatic carbocycles. The summed E-state index contributed by atoms with van der Waals surface area (Å²) in [6, 6.07) is 1.83. The Hall–Kier alpha value is -2.74. The van der Waals surface area contributed by atoms with E-state index in [0.717, 1.165) is 11.4 Å². The van der Waals surface area contributed by atoms with Crippen molar-refractivity contribution in [3.63, 3.8) is 0 Å². The van der Waals surface area contributed by atoms with E-state index in [2.05, 4.69) is 41.0 Å². The fourth-order valence-corrected chi connectivity index (χ4v) is 1.84. The molecule has 2 aromatic heterocycles. The molecule has 0 aliphatic rings. The van der Waals surface area contributed by atoms with Crippen LogP contribution in [0.2, 0.25) is 0 Å². The van der Waals surface area contributed by atoms with E-state index in [9.17, 15) is 9.90 Å². The fourth-order valence-electron chi connectivity index (χ4n) is 1.84. The number of hydrogen-bond acceptors (Lipinski definition) is 7. The molecular formula is C19H29N5O3. The number of ether oxygens (including phenoxy) is 1. The highest BCUT2D eigenvalue weighted by Crippen LogP contribution is 2.26. The van der Waals surface area contributed by atoms with Crippen LogP contribution in [0.25, 0.3) is 0 Å². The van der Waals surface area contributed by atoms with Crippen LogP contribution in [0.4, 0.5) is 5.69 Å². The van der Waals surface area contributed by atoms with Gasteiger partial charge in [0.25, 0.3) is 5.91 Å². The topological polar surface area (TPSA) is 123 Å². The highest BCUT2D eigenvalue weighted by molar-refractivity contribution is 5.90. The summed E-state index contributed by atoms with van der Waals surface area (Å²) in [5.41, 5.74) is 5.19. The number of primary amides is 1. The number of nitrogens with one attached hydrogen (secondary N) is 1. The van der Waals surface area contributed by atoms with Gasteiger partial charge in [0, 0.05) is 36.6 Å². The number of carbonyl (C=O) groups excluding carboxylic acids is 1. The first kappa shape index (κ1) is 22.3. The van der Waals surface area contributed by atoms with Crippen LogP contribution in [0, 0.1) is 0 Å². The molecule has 0 unspecified atom stereocenters. The number of carbonyl (C=O) groups is 1. The van der Waals surface area contributed by atoms with Crippen molar-refractivity contribution < 1.29 is 14.6 Å². The second-order valence-corrected chi connectivity index (χ2v) is 7.61. The normalized spacial score (nSPS) is 11.2. The third-order valence-electron chi connectivity index (χ3n) is 3.08. The molecule has 0 radical (unpaired) electrons. The number of nitrogens with zero attached hydrogens (tertiary/aromatic N) is 3. The Morgan fingerprint density at radius 1 is 1.15 bits per heavy atom. The third-order valence-corrected chi connectivity index (χ3v) is 3.08. The quantitative estimate of drug-likeness (QED) is 0.708. The summed E-state index contributed by atoms with van der Waals surface area (Å²) in [6.07, 6.45) is 8.26. The van der Waals surface area contributed by atoms with Gasteiger partial charge in [0.05, 0.1) is 30.3 Å². The molecule has 8 nitrogen and oxygen atoms in total. The minimum atomic E-state index is -0.704. The van der Waals surface area contributed by atoms with Crippen LogP contribution in [-0.4, -0.2) is 43.7 Å². The van der Waals surface area contributed by atoms with Crippen LogP contribution in [0.5, 0.6) is 5.75 Å². The van der Waals surface area contributed by atoms with E-state index in [-0.39, 0.29) is 11.2 Å². The van der Waals surface area contributed by atoms with Crippen LogP contribution in [-0.2, 0) is 0 Å². The zero-order valence-corrected chi connectivity index (χ0v) is 16.6. The molecule has 2 heterocycles. The molecule has 1 amide bonds. The first-order chi connectivity index (χ1) is 12.5. The monoisotopic (exact) mass is 375 g/mol. The van der Waals surface area contributed by atoms with Gasteiger partial charge in [-0.1, -0.05) is 0 Å². The van der Waals surface area contributed by atoms with Gasteiger partial charge in [0.15, 0.2) is 0 Å². The maximum absolute atomic E-state index is 10.3. The summed E-state index contributed by atoms with van der Waals surface area (Å²) in [5.74, 6) is 0.215. The molecule has 4 N–H and O–H groups in total. The number of aliphatic hydroxyl groups is 1. The van der Waals surface area contributed by atoms with Crippen molar-refractivity contribution in [3.8, 4) is 5.75 Å². The Labute approximate surface area is 160 Å². The second kappa shape index (κ2) is 9.82. The molecule has 0 saturated heterocycles. The van der Waals surface area contributed by atoms with E-state index in [4.69, 9.17) is 10.5 Å². The van der Waals surface area contributed by atoms with Crippen molar-refractivity contribution in [3.05, 3.63) is 42.7 Å². The van der Waals surface area contributed by atoms with E-state index < -0.39 is 11.5 Å². The van der Waals surface area contributed by atoms with Gasteiger partial charge >= 0.3 is 0 Å². The number of amides is 1. The molecule has 8 heteroatoms. The molecule has 0 atom stereocenters. The number of rotatable bonds is 6. The standard InChI is InChI=1S/C14H24N2O2.C5H5N3O/c1-13(2,3)16-11-10-15-8-6-12(11)18-9-7-14(4,5)17;6-5(9)4-3-7-1-2-8-4/h6,8,10,16-17H,7,9H2,1-5H3;1-3H,(H2,6,9). The van der Waals surface area contributed by atoms with Crippen LogP contribution in [0.15, 0.2) is 37.1 Å². The number of anilines is 1. The summed E-state index contributed by atoms with van der Waals surface area (Å²) < 4.78 is 5.70. The molecule has 0 aliphatic carbocycles. The lowest BCUT2D eigenvalue weighted by Crippen LogP contribution is -2.27. The van der Waals surface area contributed by atoms with Gasteiger partial charge in [-0.05, 0) is 34.6 Å². The first-order valence-electron chi connectivity index (χ1n) is 8.61. The van der Waals surface area contributed by atoms with Crippen molar-refractivity contribution in [1.29, 1.82) is 0 Å². The minimum Gasteiger partial charge on any atom is -0.491 e. The Morgan fingerprint density at radius 2 is 1.81 bits per heavy atom. The van der Waals surface area contributed by atoms with Crippen LogP contribution < -0.4 is 15.8 Å². The van der Waals surface area contributed by atoms with Crippen LogP contribution >= 0.6 is 0 Å². The van der Waals surface area contributed by atoms with E-state index in [1.165, 1.54) is 18.6 Å². The Bertz CT molecular complexity index is 709. The van der Waals surface area contributed by atoms with Crippen molar-refractivity contribution in [2.75, 3.05) is 11.9 Å². The molecule has 2 aromatic rings. The fraction of sp³-hybridized carbons (Fsp3) is 0.474. The lowest BCUT2D eigenvalue weighted by atomic mass is 10.1. The second-order valence-electron chi connectivity index (χ2n) is 7.61. The van der Waals surface area contributed by atoms with Gasteiger partial charge in [-0.15, -0.1) is 0 Å². The number of aromatic nitrogens is 3. The molecule has 0 fully saturated rings. The molecule has 27 heavy (non-hydrogen) atoms. The molecule has 0 aliphatic heterocycles. The highest BCUT2D eigenvalue weighted by Gasteiger charge is 2.15. The van der Waals surface area contributed by atoms with Crippen molar-refractivity contribution in [2.45, 2.75) is 52.2 Å². The van der Waals surface area contributed by atoms with Crippen molar-refractivity contribution in [2.24, 2.45) is 5.73 Å². The van der Waals surface area contributed by atoms with Gasteiger partial charge in [0.1, 0.15) is 11.4 Å². The summed E-state index contributed by atoms with van der Waals surface area (Å²) in [6.45, 7) is 10.3. The summed E-state index contributed by atoms with van der Waals surface area (Å²) in [5, 5.41) is 13.0. The minimum absolute atomic E-state index is 0.0443. The maximum atomic E-state index is 10.3. The Balaban J connectivity index is 0.000000337. The summed E-state index contributed by atoms with van der Waals surface area (Å²) >= 11 is 0. The first-order valence-corrected chi connectivity index (χ1v) is 8.61. The van der Waals surface area contributed by atoms with E-state index in [1.54, 1.807) is 26.2 Å². The third kappa shape index (κ3) is 10.1. The molecule has 2 rings (SSSR count). The average Bonchev–Trinajstić information content (AvgIpc) is 2.55. The van der Waals surface area contributed by atoms with Gasteiger partial charge in [-0.2, -0.15) is 0 Å². The molecule has 0 spiro atoms. The molecule has 0 bridgehead atoms. The lowest BCUT2D eigenvalue weighted by molar-refractivity contribution is 0.0554. The molecular weight excluding hydrogens is 346 g/mol. The lowest BCUT2D eigenvalue weighted by Gasteiger charge is -2.24. The van der Waals surface area contributed by atoms with Crippen molar-refractivity contribution in [1.82, 2.24) is 15.0 Å². The zero-order valence-electron chi connectivity index (χ0n) is 16.6. The number of nitrogens with two attached hydrogens (primary N) is 1. The van der Waals surface area contributed by atoms with E-state index >= 15 is 0 Å². The van der Waals surface area contributed by atoms with Crippen LogP contribution in [0.3, 0.4) is 0 Å². The van der Waals surface area contributed by atoms with Gasteiger partial charge < -0.3 is 20.9 Å². The smallest absolute Gasteiger partial charge is 0.268 e. The number of hydrogen-bond donors (Lipinski definition) is 3. The Kier molecular flexibility index (Phi) is 8.11. The number of pyridine rings is 1. The van der Waals surface area contributed by atoms with Gasteiger partial charge in [-0.25, -0.2) is 4.98 Å². The maximum Gasteiger partial charge on any atom is 0.268 e. The average molecular weight is 375 g/mol. The predicted molar refractivity (Wildman–Crippen MR) is 105 cm³/mol. The van der Waals surface area contributed by atoms with Crippen LogP contribution in [0.1, 0.15) is 51.5 Å². The largest absolute Gasteiger partial charge is 0.491 e. The molecule has 0 saturated carbocycles. The highest BCUT2D eigenvalue weighted by atomic mass is 16.5. The zero-order chi connectivity index (χ0) is 20.5. The van der Waals surface area contributed by atoms with E-state index in [0.29, 0.717) is 13.0 Å². The molecule has 148 valence electrons. The SMILES string of the molecule is CC(C)(O)CCOc1ccncc1NC(C)(C)C.NC(=O)c1cnccn1. The van der Waals surface area contributed by atoms with Crippen molar-refractivity contribution >= 4 is 11.6 Å². The van der Waals surface area contributed by atoms with Gasteiger partial charge in [0.2, 0.25) is 0 Å². The van der Waals surface area contributed by atoms with E-state index in [1.807, 2.05) is 6.07 Å². The van der Waals surface area contributed by atoms with Gasteiger partial charge in [-0.3, -0.25) is 14.8 Å². The summed E-state index contributed by atoms with van der Waals surface area (Å²) in [4.78, 5) is 21.7. The predicted octanol–water partition coefficient (Wildman–Crippen LogP) is 2.41. The Morgan fingerprint density at radius 3 is 2.30 bits per heavy atom. The summed E-state index contributed by atoms with van der Waals surface area (Å²) in [7, 11) is 0.